The second-order valence-corrected chi connectivity index (χ2v) is 4.45. The second kappa shape index (κ2) is 5.13. The van der Waals surface area contributed by atoms with Crippen molar-refractivity contribution in [3.63, 3.8) is 0 Å². The number of fused-ring (bicyclic) bond motifs is 1. The quantitative estimate of drug-likeness (QED) is 0.662. The molecule has 20 heavy (non-hydrogen) atoms. The largest absolute Gasteiger partial charge is 0.465 e. The number of benzene rings is 2. The van der Waals surface area contributed by atoms with E-state index in [2.05, 4.69) is 4.98 Å². The van der Waals surface area contributed by atoms with Crippen LogP contribution in [0.1, 0.15) is 10.4 Å². The zero-order chi connectivity index (χ0) is 13.9. The van der Waals surface area contributed by atoms with Crippen LogP contribution in [0.25, 0.3) is 22.0 Å². The van der Waals surface area contributed by atoms with Crippen LogP contribution in [0.2, 0.25) is 0 Å². The first-order chi connectivity index (χ1) is 9.79. The molecule has 0 atom stereocenters. The van der Waals surface area contributed by atoms with E-state index in [-0.39, 0.29) is 5.97 Å². The molecule has 3 heteroatoms. The molecule has 1 aromatic heterocycles. The molecule has 0 aliphatic carbocycles. The Kier molecular flexibility index (Phi) is 3.17. The van der Waals surface area contributed by atoms with Crippen LogP contribution in [0, 0.1) is 0 Å². The maximum absolute atomic E-state index is 11.8. The fourth-order valence-electron chi connectivity index (χ4n) is 2.23. The summed E-state index contributed by atoms with van der Waals surface area (Å²) in [4.78, 5) is 16.3. The molecule has 0 spiro atoms. The molecule has 0 unspecified atom stereocenters. The van der Waals surface area contributed by atoms with Crippen molar-refractivity contribution in [3.8, 4) is 11.3 Å². The minimum absolute atomic E-state index is 0.351. The SMILES string of the molecule is COC(=O)c1ccccc1-c1cc2ccccc2cn1. The predicted molar refractivity (Wildman–Crippen MR) is 78.5 cm³/mol. The first kappa shape index (κ1) is 12.4. The van der Waals surface area contributed by atoms with Crippen molar-refractivity contribution in [2.24, 2.45) is 0 Å². The van der Waals surface area contributed by atoms with E-state index >= 15 is 0 Å². The summed E-state index contributed by atoms with van der Waals surface area (Å²) in [5, 5.41) is 2.17. The van der Waals surface area contributed by atoms with Crippen molar-refractivity contribution >= 4 is 16.7 Å². The number of hydrogen-bond acceptors (Lipinski definition) is 3. The normalized spacial score (nSPS) is 10.4. The van der Waals surface area contributed by atoms with Crippen LogP contribution in [0.5, 0.6) is 0 Å². The van der Waals surface area contributed by atoms with E-state index in [1.54, 1.807) is 6.07 Å². The van der Waals surface area contributed by atoms with Gasteiger partial charge in [-0.2, -0.15) is 0 Å². The van der Waals surface area contributed by atoms with Crippen LogP contribution in [-0.2, 0) is 4.74 Å². The van der Waals surface area contributed by atoms with Gasteiger partial charge in [-0.25, -0.2) is 4.79 Å². The van der Waals surface area contributed by atoms with Gasteiger partial charge in [-0.1, -0.05) is 42.5 Å². The van der Waals surface area contributed by atoms with E-state index in [1.807, 2.05) is 54.7 Å². The number of carbonyl (C=O) groups excluding carboxylic acids is 1. The zero-order valence-electron chi connectivity index (χ0n) is 11.0. The van der Waals surface area contributed by atoms with Gasteiger partial charge in [0.2, 0.25) is 0 Å². The molecule has 0 radical (unpaired) electrons. The topological polar surface area (TPSA) is 39.2 Å². The molecule has 0 aliphatic heterocycles. The van der Waals surface area contributed by atoms with Gasteiger partial charge in [-0.05, 0) is 17.5 Å². The Labute approximate surface area is 116 Å². The van der Waals surface area contributed by atoms with E-state index < -0.39 is 0 Å². The Morgan fingerprint density at radius 3 is 2.50 bits per heavy atom. The van der Waals surface area contributed by atoms with E-state index in [4.69, 9.17) is 4.74 Å². The summed E-state index contributed by atoms with van der Waals surface area (Å²) < 4.78 is 4.82. The lowest BCUT2D eigenvalue weighted by Gasteiger charge is -2.08. The van der Waals surface area contributed by atoms with Crippen molar-refractivity contribution in [3.05, 3.63) is 66.4 Å². The predicted octanol–water partition coefficient (Wildman–Crippen LogP) is 3.69. The van der Waals surface area contributed by atoms with Crippen LogP contribution in [-0.4, -0.2) is 18.1 Å². The molecule has 0 aliphatic rings. The van der Waals surface area contributed by atoms with Gasteiger partial charge in [-0.3, -0.25) is 4.98 Å². The maximum Gasteiger partial charge on any atom is 0.338 e. The lowest BCUT2D eigenvalue weighted by molar-refractivity contribution is 0.0601. The van der Waals surface area contributed by atoms with Crippen molar-refractivity contribution in [1.82, 2.24) is 4.98 Å². The number of methoxy groups -OCH3 is 1. The minimum atomic E-state index is -0.351. The van der Waals surface area contributed by atoms with Gasteiger partial charge >= 0.3 is 5.97 Å². The van der Waals surface area contributed by atoms with Gasteiger partial charge in [0.05, 0.1) is 18.4 Å². The van der Waals surface area contributed by atoms with Crippen molar-refractivity contribution < 1.29 is 9.53 Å². The smallest absolute Gasteiger partial charge is 0.338 e. The Morgan fingerprint density at radius 1 is 1.00 bits per heavy atom. The van der Waals surface area contributed by atoms with Crippen LogP contribution in [0.15, 0.2) is 60.8 Å². The lowest BCUT2D eigenvalue weighted by Crippen LogP contribution is -2.03. The van der Waals surface area contributed by atoms with E-state index in [1.165, 1.54) is 7.11 Å². The monoisotopic (exact) mass is 263 g/mol. The Morgan fingerprint density at radius 2 is 1.70 bits per heavy atom. The number of aromatic nitrogens is 1. The first-order valence-electron chi connectivity index (χ1n) is 6.32. The average Bonchev–Trinajstić information content (AvgIpc) is 2.53. The summed E-state index contributed by atoms with van der Waals surface area (Å²) in [6, 6.07) is 17.3. The number of esters is 1. The number of nitrogens with zero attached hydrogens (tertiary/aromatic N) is 1. The number of hydrogen-bond donors (Lipinski definition) is 0. The van der Waals surface area contributed by atoms with Gasteiger partial charge in [0.1, 0.15) is 0 Å². The average molecular weight is 263 g/mol. The Bertz CT molecular complexity index is 781. The highest BCUT2D eigenvalue weighted by Gasteiger charge is 2.13. The van der Waals surface area contributed by atoms with Crippen LogP contribution >= 0.6 is 0 Å². The zero-order valence-corrected chi connectivity index (χ0v) is 11.0. The van der Waals surface area contributed by atoms with Gasteiger partial charge in [-0.15, -0.1) is 0 Å². The highest BCUT2D eigenvalue weighted by molar-refractivity contribution is 5.97. The molecule has 0 saturated carbocycles. The molecule has 0 bridgehead atoms. The van der Waals surface area contributed by atoms with Gasteiger partial charge < -0.3 is 4.74 Å². The van der Waals surface area contributed by atoms with Gasteiger partial charge in [0.25, 0.3) is 0 Å². The Balaban J connectivity index is 2.18. The summed E-state index contributed by atoms with van der Waals surface area (Å²) in [6.45, 7) is 0. The molecule has 2 aromatic carbocycles. The van der Waals surface area contributed by atoms with Crippen molar-refractivity contribution in [2.75, 3.05) is 7.11 Å². The summed E-state index contributed by atoms with van der Waals surface area (Å²) in [6.07, 6.45) is 1.82. The lowest BCUT2D eigenvalue weighted by atomic mass is 10.0. The fourth-order valence-corrected chi connectivity index (χ4v) is 2.23. The highest BCUT2D eigenvalue weighted by Crippen LogP contribution is 2.25. The van der Waals surface area contributed by atoms with E-state index in [0.717, 1.165) is 22.0 Å². The van der Waals surface area contributed by atoms with Crippen LogP contribution < -0.4 is 0 Å². The van der Waals surface area contributed by atoms with Crippen LogP contribution in [0.4, 0.5) is 0 Å². The number of carbonyl (C=O) groups is 1. The van der Waals surface area contributed by atoms with E-state index in [9.17, 15) is 4.79 Å². The summed E-state index contributed by atoms with van der Waals surface area (Å²) >= 11 is 0. The van der Waals surface area contributed by atoms with Crippen LogP contribution in [0.3, 0.4) is 0 Å². The summed E-state index contributed by atoms with van der Waals surface area (Å²) in [7, 11) is 1.38. The van der Waals surface area contributed by atoms with Crippen molar-refractivity contribution in [1.29, 1.82) is 0 Å². The van der Waals surface area contributed by atoms with E-state index in [0.29, 0.717) is 5.56 Å². The maximum atomic E-state index is 11.8. The number of ether oxygens (including phenoxy) is 1. The second-order valence-electron chi connectivity index (χ2n) is 4.45. The third-order valence-electron chi connectivity index (χ3n) is 3.24. The standard InChI is InChI=1S/C17H13NO2/c1-20-17(19)15-9-5-4-8-14(15)16-10-12-6-2-3-7-13(12)11-18-16/h2-11H,1H3. The highest BCUT2D eigenvalue weighted by atomic mass is 16.5. The van der Waals surface area contributed by atoms with Gasteiger partial charge in [0.15, 0.2) is 0 Å². The first-order valence-corrected chi connectivity index (χ1v) is 6.32. The molecule has 98 valence electrons. The number of rotatable bonds is 2. The molecule has 0 amide bonds. The molecule has 1 heterocycles. The third kappa shape index (κ3) is 2.14. The Hall–Kier alpha value is -2.68. The third-order valence-corrected chi connectivity index (χ3v) is 3.24. The molecule has 0 N–H and O–H groups in total. The molecular formula is C17H13NO2. The molecule has 0 saturated heterocycles. The fraction of sp³-hybridized carbons (Fsp3) is 0.0588. The molecule has 3 rings (SSSR count). The molecule has 0 fully saturated rings. The van der Waals surface area contributed by atoms with Gasteiger partial charge in [0, 0.05) is 17.1 Å². The summed E-state index contributed by atoms with van der Waals surface area (Å²) in [5.74, 6) is -0.351. The minimum Gasteiger partial charge on any atom is -0.465 e. The molecular weight excluding hydrogens is 250 g/mol. The molecule has 3 aromatic rings. The number of pyridine rings is 1. The summed E-state index contributed by atoms with van der Waals surface area (Å²) in [5.41, 5.74) is 2.08. The van der Waals surface area contributed by atoms with Crippen molar-refractivity contribution in [2.45, 2.75) is 0 Å². The molecule has 3 nitrogen and oxygen atoms in total.